The number of pyridine rings is 1. The van der Waals surface area contributed by atoms with E-state index in [1.54, 1.807) is 0 Å². The van der Waals surface area contributed by atoms with Gasteiger partial charge in [0.25, 0.3) is 6.43 Å². The highest BCUT2D eigenvalue weighted by Crippen LogP contribution is 2.25. The topological polar surface area (TPSA) is 39.2 Å². The molecule has 16 heavy (non-hydrogen) atoms. The predicted molar refractivity (Wildman–Crippen MR) is 53.1 cm³/mol. The quantitative estimate of drug-likeness (QED) is 0.489. The fourth-order valence-electron chi connectivity index (χ4n) is 1.09. The van der Waals surface area contributed by atoms with Gasteiger partial charge in [-0.2, -0.15) is 4.39 Å². The molecule has 0 amide bonds. The normalized spacial score (nSPS) is 10.6. The van der Waals surface area contributed by atoms with E-state index in [1.165, 1.54) is 0 Å². The van der Waals surface area contributed by atoms with Gasteiger partial charge in [-0.15, -0.1) is 0 Å². The third-order valence-electron chi connectivity index (χ3n) is 1.86. The first kappa shape index (κ1) is 13.0. The first-order valence-electron chi connectivity index (χ1n) is 4.13. The lowest BCUT2D eigenvalue weighted by molar-refractivity contribution is 0.0593. The van der Waals surface area contributed by atoms with Gasteiger partial charge in [-0.05, 0) is 6.07 Å². The number of aromatic nitrogens is 1. The van der Waals surface area contributed by atoms with Crippen molar-refractivity contribution in [2.45, 2.75) is 11.8 Å². The van der Waals surface area contributed by atoms with Crippen LogP contribution in [0.4, 0.5) is 13.2 Å². The highest BCUT2D eigenvalue weighted by molar-refractivity contribution is 9.08. The van der Waals surface area contributed by atoms with Crippen LogP contribution in [0.2, 0.25) is 0 Å². The number of ether oxygens (including phenoxy) is 1. The molecule has 1 aromatic heterocycles. The second-order valence-electron chi connectivity index (χ2n) is 2.79. The molecule has 88 valence electrons. The molecule has 0 unspecified atom stereocenters. The van der Waals surface area contributed by atoms with E-state index in [9.17, 15) is 18.0 Å². The van der Waals surface area contributed by atoms with E-state index in [-0.39, 0.29) is 11.0 Å². The number of nitrogens with zero attached hydrogens (tertiary/aromatic N) is 1. The number of carbonyl (C=O) groups is 1. The van der Waals surface area contributed by atoms with Crippen LogP contribution in [0, 0.1) is 5.95 Å². The van der Waals surface area contributed by atoms with Crippen LogP contribution in [0.1, 0.15) is 28.0 Å². The number of methoxy groups -OCH3 is 1. The summed E-state index contributed by atoms with van der Waals surface area (Å²) in [5.74, 6) is -2.15. The first-order chi connectivity index (χ1) is 7.51. The minimum Gasteiger partial charge on any atom is -0.465 e. The van der Waals surface area contributed by atoms with Crippen molar-refractivity contribution in [1.82, 2.24) is 4.98 Å². The van der Waals surface area contributed by atoms with E-state index in [0.717, 1.165) is 13.2 Å². The molecule has 0 saturated heterocycles. The average Bonchev–Trinajstić information content (AvgIpc) is 2.27. The Hall–Kier alpha value is -1.11. The molecule has 0 spiro atoms. The second kappa shape index (κ2) is 5.29. The van der Waals surface area contributed by atoms with Gasteiger partial charge in [0.15, 0.2) is 0 Å². The molecular weight excluding hydrogens is 291 g/mol. The predicted octanol–water partition coefficient (Wildman–Crippen LogP) is 2.84. The number of halogens is 4. The zero-order chi connectivity index (χ0) is 12.3. The van der Waals surface area contributed by atoms with Crippen molar-refractivity contribution >= 4 is 21.9 Å². The second-order valence-corrected chi connectivity index (χ2v) is 3.35. The summed E-state index contributed by atoms with van der Waals surface area (Å²) in [5.41, 5.74) is -1.22. The van der Waals surface area contributed by atoms with Crippen LogP contribution < -0.4 is 0 Å². The summed E-state index contributed by atoms with van der Waals surface area (Å²) in [5, 5.41) is -0.0228. The lowest BCUT2D eigenvalue weighted by atomic mass is 10.1. The molecule has 0 fully saturated rings. The number of alkyl halides is 3. The summed E-state index contributed by atoms with van der Waals surface area (Å²) in [6.45, 7) is 0. The van der Waals surface area contributed by atoms with Gasteiger partial charge in [-0.25, -0.2) is 18.6 Å². The average molecular weight is 298 g/mol. The summed E-state index contributed by atoms with van der Waals surface area (Å²) in [6, 6.07) is 0.759. The van der Waals surface area contributed by atoms with E-state index in [4.69, 9.17) is 0 Å². The highest BCUT2D eigenvalue weighted by atomic mass is 79.9. The van der Waals surface area contributed by atoms with Gasteiger partial charge in [0, 0.05) is 10.9 Å². The number of rotatable bonds is 3. The van der Waals surface area contributed by atoms with E-state index in [1.807, 2.05) is 0 Å². The number of hydrogen-bond acceptors (Lipinski definition) is 3. The van der Waals surface area contributed by atoms with Crippen LogP contribution >= 0.6 is 15.9 Å². The maximum absolute atomic E-state index is 13.2. The SMILES string of the molecule is COC(=O)c1cc(C(F)F)c(CBr)nc1F. The van der Waals surface area contributed by atoms with Crippen LogP contribution in [-0.2, 0) is 10.1 Å². The van der Waals surface area contributed by atoms with Gasteiger partial charge in [0.05, 0.1) is 12.8 Å². The van der Waals surface area contributed by atoms with Crippen LogP contribution in [0.3, 0.4) is 0 Å². The summed E-state index contributed by atoms with van der Waals surface area (Å²) in [7, 11) is 1.03. The van der Waals surface area contributed by atoms with Gasteiger partial charge >= 0.3 is 5.97 Å². The smallest absolute Gasteiger partial charge is 0.342 e. The Morgan fingerprint density at radius 2 is 2.25 bits per heavy atom. The van der Waals surface area contributed by atoms with Crippen LogP contribution in [0.15, 0.2) is 6.07 Å². The minimum absolute atomic E-state index is 0.0228. The molecule has 1 aromatic rings. The molecule has 0 aromatic carbocycles. The van der Waals surface area contributed by atoms with Crippen molar-refractivity contribution in [2.75, 3.05) is 7.11 Å². The zero-order valence-corrected chi connectivity index (χ0v) is 9.72. The number of hydrogen-bond donors (Lipinski definition) is 0. The molecule has 0 aliphatic carbocycles. The molecule has 3 nitrogen and oxygen atoms in total. The van der Waals surface area contributed by atoms with Gasteiger partial charge in [0.2, 0.25) is 5.95 Å². The summed E-state index contributed by atoms with van der Waals surface area (Å²) >= 11 is 2.91. The Balaban J connectivity index is 3.33. The highest BCUT2D eigenvalue weighted by Gasteiger charge is 2.21. The molecule has 0 aliphatic heterocycles. The Bertz CT molecular complexity index is 412. The monoisotopic (exact) mass is 297 g/mol. The van der Waals surface area contributed by atoms with Crippen LogP contribution in [-0.4, -0.2) is 18.1 Å². The summed E-state index contributed by atoms with van der Waals surface area (Å²) < 4.78 is 42.6. The molecule has 7 heteroatoms. The Kier molecular flexibility index (Phi) is 4.28. The maximum atomic E-state index is 13.2. The number of carbonyl (C=O) groups excluding carboxylic acids is 1. The third kappa shape index (κ3) is 2.52. The van der Waals surface area contributed by atoms with Crippen molar-refractivity contribution < 1.29 is 22.7 Å². The van der Waals surface area contributed by atoms with E-state index in [2.05, 4.69) is 25.7 Å². The largest absolute Gasteiger partial charge is 0.465 e. The van der Waals surface area contributed by atoms with E-state index >= 15 is 0 Å². The molecular formula is C9H7BrF3NO2. The van der Waals surface area contributed by atoms with Gasteiger partial charge in [0.1, 0.15) is 5.56 Å². The number of esters is 1. The van der Waals surface area contributed by atoms with Crippen molar-refractivity contribution in [2.24, 2.45) is 0 Å². The third-order valence-corrected chi connectivity index (χ3v) is 2.39. The minimum atomic E-state index is -2.83. The summed E-state index contributed by atoms with van der Waals surface area (Å²) in [6.07, 6.45) is -2.83. The molecule has 0 N–H and O–H groups in total. The van der Waals surface area contributed by atoms with E-state index < -0.39 is 29.5 Å². The van der Waals surface area contributed by atoms with Gasteiger partial charge < -0.3 is 4.74 Å². The first-order valence-corrected chi connectivity index (χ1v) is 5.25. The fourth-order valence-corrected chi connectivity index (χ4v) is 1.54. The molecule has 0 radical (unpaired) electrons. The molecule has 1 rings (SSSR count). The van der Waals surface area contributed by atoms with Crippen LogP contribution in [0.5, 0.6) is 0 Å². The Labute approximate surface area is 97.8 Å². The molecule has 0 saturated carbocycles. The Morgan fingerprint density at radius 3 is 2.69 bits per heavy atom. The molecule has 0 aliphatic rings. The fraction of sp³-hybridized carbons (Fsp3) is 0.333. The van der Waals surface area contributed by atoms with Crippen molar-refractivity contribution in [3.63, 3.8) is 0 Å². The zero-order valence-electron chi connectivity index (χ0n) is 8.14. The standard InChI is InChI=1S/C9H7BrF3NO2/c1-16-9(15)5-2-4(7(11)12)6(3-10)14-8(5)13/h2,7H,3H2,1H3. The lowest BCUT2D eigenvalue weighted by Gasteiger charge is -2.08. The Morgan fingerprint density at radius 1 is 1.62 bits per heavy atom. The van der Waals surface area contributed by atoms with Gasteiger partial charge in [-0.3, -0.25) is 0 Å². The van der Waals surface area contributed by atoms with Gasteiger partial charge in [-0.1, -0.05) is 15.9 Å². The van der Waals surface area contributed by atoms with Crippen molar-refractivity contribution in [3.05, 3.63) is 28.8 Å². The molecule has 0 atom stereocenters. The molecule has 1 heterocycles. The summed E-state index contributed by atoms with van der Waals surface area (Å²) in [4.78, 5) is 14.3. The van der Waals surface area contributed by atoms with Crippen LogP contribution in [0.25, 0.3) is 0 Å². The van der Waals surface area contributed by atoms with E-state index in [0.29, 0.717) is 0 Å². The van der Waals surface area contributed by atoms with Crippen molar-refractivity contribution in [3.8, 4) is 0 Å². The lowest BCUT2D eigenvalue weighted by Crippen LogP contribution is -2.10. The van der Waals surface area contributed by atoms with Crippen molar-refractivity contribution in [1.29, 1.82) is 0 Å². The maximum Gasteiger partial charge on any atom is 0.342 e. The molecule has 0 bridgehead atoms.